The number of aliphatic hydroxyl groups is 1. The number of carbonyl (C=O) groups is 1. The van der Waals surface area contributed by atoms with Crippen LogP contribution in [-0.4, -0.2) is 39.5 Å². The third-order valence-electron chi connectivity index (χ3n) is 2.14. The summed E-state index contributed by atoms with van der Waals surface area (Å²) in [7, 11) is 0. The molecule has 18 heavy (non-hydrogen) atoms. The minimum atomic E-state index is -0.204. The van der Waals surface area contributed by atoms with Crippen molar-refractivity contribution in [1.29, 1.82) is 0 Å². The third-order valence-corrected chi connectivity index (χ3v) is 2.14. The average molecular weight is 254 g/mol. The summed E-state index contributed by atoms with van der Waals surface area (Å²) in [6, 6.07) is 0. The Labute approximate surface area is 107 Å². The van der Waals surface area contributed by atoms with Crippen molar-refractivity contribution < 1.29 is 9.90 Å². The number of hydrogen-bond acceptors (Lipinski definition) is 4. The van der Waals surface area contributed by atoms with E-state index in [4.69, 9.17) is 5.11 Å². The summed E-state index contributed by atoms with van der Waals surface area (Å²) < 4.78 is 1.67. The number of rotatable bonds is 6. The molecule has 0 saturated heterocycles. The second-order valence-electron chi connectivity index (χ2n) is 5.24. The van der Waals surface area contributed by atoms with E-state index < -0.39 is 0 Å². The Morgan fingerprint density at radius 3 is 2.83 bits per heavy atom. The van der Waals surface area contributed by atoms with Crippen LogP contribution in [0.3, 0.4) is 0 Å². The molecule has 1 rings (SSSR count). The summed E-state index contributed by atoms with van der Waals surface area (Å²) in [6.07, 6.45) is 3.58. The quantitative estimate of drug-likeness (QED) is 0.661. The largest absolute Gasteiger partial charge is 0.394 e. The Morgan fingerprint density at radius 1 is 1.50 bits per heavy atom. The number of amides is 1. The molecule has 0 aromatic carbocycles. The molecular weight excluding hydrogens is 232 g/mol. The van der Waals surface area contributed by atoms with Crippen LogP contribution < -0.4 is 10.6 Å². The monoisotopic (exact) mass is 254 g/mol. The molecule has 1 heterocycles. The van der Waals surface area contributed by atoms with Crippen LogP contribution in [0.5, 0.6) is 0 Å². The maximum Gasteiger partial charge on any atom is 0.234 e. The van der Waals surface area contributed by atoms with Crippen LogP contribution in [0.1, 0.15) is 26.3 Å². The molecule has 6 heteroatoms. The molecule has 0 atom stereocenters. The van der Waals surface area contributed by atoms with Gasteiger partial charge in [0.15, 0.2) is 0 Å². The maximum absolute atomic E-state index is 11.5. The lowest BCUT2D eigenvalue weighted by Gasteiger charge is -2.20. The second kappa shape index (κ2) is 6.51. The van der Waals surface area contributed by atoms with Crippen LogP contribution in [0, 0.1) is 0 Å². The van der Waals surface area contributed by atoms with Gasteiger partial charge in [0.2, 0.25) is 5.91 Å². The van der Waals surface area contributed by atoms with Gasteiger partial charge in [-0.25, -0.2) is 0 Å². The van der Waals surface area contributed by atoms with Gasteiger partial charge in [0.25, 0.3) is 0 Å². The Balaban J connectivity index is 2.26. The molecule has 1 amide bonds. The molecular formula is C12H22N4O2. The predicted octanol–water partition coefficient (Wildman–Crippen LogP) is -0.120. The number of hydrogen-bond donors (Lipinski definition) is 3. The van der Waals surface area contributed by atoms with E-state index in [1.54, 1.807) is 10.9 Å². The normalized spacial score (nSPS) is 11.6. The van der Waals surface area contributed by atoms with Crippen LogP contribution in [-0.2, 0) is 17.9 Å². The van der Waals surface area contributed by atoms with Crippen molar-refractivity contribution in [2.75, 3.05) is 13.2 Å². The fraction of sp³-hybridized carbons (Fsp3) is 0.667. The van der Waals surface area contributed by atoms with E-state index in [0.29, 0.717) is 13.1 Å². The molecule has 1 aromatic heterocycles. The van der Waals surface area contributed by atoms with Gasteiger partial charge in [0.05, 0.1) is 25.9 Å². The molecule has 102 valence electrons. The molecule has 0 saturated carbocycles. The fourth-order valence-corrected chi connectivity index (χ4v) is 1.51. The predicted molar refractivity (Wildman–Crippen MR) is 68.9 cm³/mol. The lowest BCUT2D eigenvalue weighted by molar-refractivity contribution is -0.121. The molecule has 0 spiro atoms. The topological polar surface area (TPSA) is 79.2 Å². The molecule has 0 aliphatic carbocycles. The van der Waals surface area contributed by atoms with E-state index in [1.165, 1.54) is 0 Å². The number of aromatic nitrogens is 2. The summed E-state index contributed by atoms with van der Waals surface area (Å²) in [6.45, 7) is 7.27. The standard InChI is InChI=1S/C12H22N4O2/c1-12(2,3)15-11(18)8-13-6-10-7-14-16(9-10)4-5-17/h7,9,13,17H,4-6,8H2,1-3H3,(H,15,18). The zero-order chi connectivity index (χ0) is 13.6. The molecule has 0 aliphatic rings. The number of nitrogens with zero attached hydrogens (tertiary/aromatic N) is 2. The first kappa shape index (κ1) is 14.7. The van der Waals surface area contributed by atoms with Crippen molar-refractivity contribution in [2.24, 2.45) is 0 Å². The highest BCUT2D eigenvalue weighted by Crippen LogP contribution is 1.98. The second-order valence-corrected chi connectivity index (χ2v) is 5.24. The van der Waals surface area contributed by atoms with Gasteiger partial charge in [0, 0.05) is 23.8 Å². The van der Waals surface area contributed by atoms with Gasteiger partial charge >= 0.3 is 0 Å². The van der Waals surface area contributed by atoms with E-state index >= 15 is 0 Å². The summed E-state index contributed by atoms with van der Waals surface area (Å²) >= 11 is 0. The van der Waals surface area contributed by atoms with Crippen molar-refractivity contribution in [3.05, 3.63) is 18.0 Å². The van der Waals surface area contributed by atoms with Gasteiger partial charge in [-0.05, 0) is 20.8 Å². The maximum atomic E-state index is 11.5. The summed E-state index contributed by atoms with van der Waals surface area (Å²) in [5, 5.41) is 18.8. The van der Waals surface area contributed by atoms with Crippen LogP contribution >= 0.6 is 0 Å². The van der Waals surface area contributed by atoms with Gasteiger partial charge < -0.3 is 15.7 Å². The van der Waals surface area contributed by atoms with Crippen LogP contribution in [0.2, 0.25) is 0 Å². The van der Waals surface area contributed by atoms with E-state index in [2.05, 4.69) is 15.7 Å². The highest BCUT2D eigenvalue weighted by atomic mass is 16.3. The Hall–Kier alpha value is -1.40. The minimum Gasteiger partial charge on any atom is -0.394 e. The Bertz CT molecular complexity index is 382. The van der Waals surface area contributed by atoms with Crippen molar-refractivity contribution >= 4 is 5.91 Å². The third kappa shape index (κ3) is 5.79. The van der Waals surface area contributed by atoms with Gasteiger partial charge in [-0.3, -0.25) is 9.48 Å². The van der Waals surface area contributed by atoms with Crippen molar-refractivity contribution in [2.45, 2.75) is 39.4 Å². The van der Waals surface area contributed by atoms with Gasteiger partial charge in [-0.2, -0.15) is 5.10 Å². The van der Waals surface area contributed by atoms with Crippen molar-refractivity contribution in [3.8, 4) is 0 Å². The zero-order valence-electron chi connectivity index (χ0n) is 11.2. The fourth-order valence-electron chi connectivity index (χ4n) is 1.51. The highest BCUT2D eigenvalue weighted by molar-refractivity contribution is 5.78. The SMILES string of the molecule is CC(C)(C)NC(=O)CNCc1cnn(CCO)c1. The molecule has 0 unspecified atom stereocenters. The summed E-state index contributed by atoms with van der Waals surface area (Å²) in [5.41, 5.74) is 0.789. The summed E-state index contributed by atoms with van der Waals surface area (Å²) in [4.78, 5) is 11.5. The molecule has 0 bridgehead atoms. The molecule has 3 N–H and O–H groups in total. The molecule has 0 radical (unpaired) electrons. The lowest BCUT2D eigenvalue weighted by atomic mass is 10.1. The van der Waals surface area contributed by atoms with Crippen LogP contribution in [0.4, 0.5) is 0 Å². The lowest BCUT2D eigenvalue weighted by Crippen LogP contribution is -2.44. The number of carbonyl (C=O) groups excluding carboxylic acids is 1. The van der Waals surface area contributed by atoms with E-state index in [1.807, 2.05) is 27.0 Å². The van der Waals surface area contributed by atoms with Gasteiger partial charge in [0.1, 0.15) is 0 Å². The van der Waals surface area contributed by atoms with E-state index in [0.717, 1.165) is 5.56 Å². The van der Waals surface area contributed by atoms with E-state index in [9.17, 15) is 4.79 Å². The van der Waals surface area contributed by atoms with Gasteiger partial charge in [-0.15, -0.1) is 0 Å². The van der Waals surface area contributed by atoms with Crippen molar-refractivity contribution in [1.82, 2.24) is 20.4 Å². The zero-order valence-corrected chi connectivity index (χ0v) is 11.2. The molecule has 6 nitrogen and oxygen atoms in total. The first-order valence-electron chi connectivity index (χ1n) is 6.04. The van der Waals surface area contributed by atoms with E-state index in [-0.39, 0.29) is 24.6 Å². The van der Waals surface area contributed by atoms with Gasteiger partial charge in [-0.1, -0.05) is 0 Å². The average Bonchev–Trinajstić information content (AvgIpc) is 2.63. The molecule has 0 aliphatic heterocycles. The first-order chi connectivity index (χ1) is 8.40. The van der Waals surface area contributed by atoms with Crippen LogP contribution in [0.15, 0.2) is 12.4 Å². The minimum absolute atomic E-state index is 0.0229. The van der Waals surface area contributed by atoms with Crippen molar-refractivity contribution in [3.63, 3.8) is 0 Å². The first-order valence-corrected chi connectivity index (χ1v) is 6.04. The Morgan fingerprint density at radius 2 is 2.22 bits per heavy atom. The number of nitrogens with one attached hydrogen (secondary N) is 2. The highest BCUT2D eigenvalue weighted by Gasteiger charge is 2.12. The van der Waals surface area contributed by atoms with Crippen LogP contribution in [0.25, 0.3) is 0 Å². The smallest absolute Gasteiger partial charge is 0.234 e. The Kier molecular flexibility index (Phi) is 5.30. The molecule has 0 fully saturated rings. The molecule has 1 aromatic rings. The summed E-state index contributed by atoms with van der Waals surface area (Å²) in [5.74, 6) is -0.0229. The number of aliphatic hydroxyl groups excluding tert-OH is 1.